The van der Waals surface area contributed by atoms with Gasteiger partial charge in [-0.15, -0.1) is 0 Å². The first-order valence-electron chi connectivity index (χ1n) is 6.31. The summed E-state index contributed by atoms with van der Waals surface area (Å²) in [7, 11) is 0. The van der Waals surface area contributed by atoms with Crippen molar-refractivity contribution in [1.29, 1.82) is 0 Å². The molecule has 0 saturated carbocycles. The Bertz CT molecular complexity index is 391. The molecule has 0 bridgehead atoms. The summed E-state index contributed by atoms with van der Waals surface area (Å²) in [5, 5.41) is 11.6. The van der Waals surface area contributed by atoms with E-state index in [0.717, 1.165) is 24.1 Å². The predicted octanol–water partition coefficient (Wildman–Crippen LogP) is 1.53. The number of carbonyl (C=O) groups excluding carboxylic acids is 1. The number of rotatable bonds is 6. The lowest BCUT2D eigenvalue weighted by molar-refractivity contribution is -0.118. The van der Waals surface area contributed by atoms with Gasteiger partial charge >= 0.3 is 0 Å². The number of hydrogen-bond donors (Lipinski definition) is 3. The van der Waals surface area contributed by atoms with E-state index in [9.17, 15) is 4.79 Å². The molecule has 0 spiro atoms. The third-order valence-corrected chi connectivity index (χ3v) is 2.84. The number of aliphatic hydroxyl groups is 1. The Balaban J connectivity index is 2.64. The second-order valence-electron chi connectivity index (χ2n) is 4.79. The van der Waals surface area contributed by atoms with Crippen LogP contribution in [0.2, 0.25) is 0 Å². The van der Waals surface area contributed by atoms with Gasteiger partial charge in [0, 0.05) is 12.3 Å². The van der Waals surface area contributed by atoms with Gasteiger partial charge in [-0.2, -0.15) is 0 Å². The molecule has 1 aromatic rings. The molecule has 1 atom stereocenters. The summed E-state index contributed by atoms with van der Waals surface area (Å²) in [5.41, 5.74) is 7.63. The van der Waals surface area contributed by atoms with Gasteiger partial charge in [0.15, 0.2) is 0 Å². The topological polar surface area (TPSA) is 75.4 Å². The maximum Gasteiger partial charge on any atom is 0.241 e. The highest BCUT2D eigenvalue weighted by molar-refractivity contribution is 5.94. The number of nitrogens with two attached hydrogens (primary N) is 1. The van der Waals surface area contributed by atoms with Crippen molar-refractivity contribution in [3.05, 3.63) is 29.8 Å². The Morgan fingerprint density at radius 3 is 2.78 bits per heavy atom. The monoisotopic (exact) mass is 250 g/mol. The summed E-state index contributed by atoms with van der Waals surface area (Å²) in [4.78, 5) is 11.8. The van der Waals surface area contributed by atoms with Crippen molar-refractivity contribution in [2.75, 3.05) is 11.9 Å². The molecule has 0 aliphatic heterocycles. The Labute approximate surface area is 108 Å². The first kappa shape index (κ1) is 14.7. The summed E-state index contributed by atoms with van der Waals surface area (Å²) < 4.78 is 0. The summed E-state index contributed by atoms with van der Waals surface area (Å²) in [6, 6.07) is 7.14. The van der Waals surface area contributed by atoms with Crippen molar-refractivity contribution in [2.45, 2.75) is 32.7 Å². The van der Waals surface area contributed by atoms with Crippen molar-refractivity contribution in [1.82, 2.24) is 0 Å². The molecule has 4 heteroatoms. The quantitative estimate of drug-likeness (QED) is 0.716. The van der Waals surface area contributed by atoms with Gasteiger partial charge in [0.05, 0.1) is 6.04 Å². The fourth-order valence-electron chi connectivity index (χ4n) is 1.62. The SMILES string of the molecule is CC(C)C(N)C(=O)Nc1cccc(CCCO)c1. The van der Waals surface area contributed by atoms with Crippen LogP contribution in [0.4, 0.5) is 5.69 Å². The van der Waals surface area contributed by atoms with E-state index in [4.69, 9.17) is 10.8 Å². The van der Waals surface area contributed by atoms with Crippen LogP contribution in [-0.4, -0.2) is 23.7 Å². The Kier molecular flexibility index (Phi) is 5.82. The van der Waals surface area contributed by atoms with Gasteiger partial charge in [-0.3, -0.25) is 4.79 Å². The summed E-state index contributed by atoms with van der Waals surface area (Å²) in [5.74, 6) is -0.0492. The Hall–Kier alpha value is -1.39. The maximum atomic E-state index is 11.8. The highest BCUT2D eigenvalue weighted by Gasteiger charge is 2.17. The third-order valence-electron chi connectivity index (χ3n) is 2.84. The number of amides is 1. The zero-order valence-corrected chi connectivity index (χ0v) is 11.0. The number of hydrogen-bond acceptors (Lipinski definition) is 3. The fourth-order valence-corrected chi connectivity index (χ4v) is 1.62. The number of nitrogens with one attached hydrogen (secondary N) is 1. The standard InChI is InChI=1S/C14H22N2O2/c1-10(2)13(15)14(18)16-12-7-3-5-11(9-12)6-4-8-17/h3,5,7,9-10,13,17H,4,6,8,15H2,1-2H3,(H,16,18). The van der Waals surface area contributed by atoms with Gasteiger partial charge in [-0.05, 0) is 36.5 Å². The Morgan fingerprint density at radius 2 is 2.17 bits per heavy atom. The minimum absolute atomic E-state index is 0.113. The number of benzene rings is 1. The maximum absolute atomic E-state index is 11.8. The first-order chi connectivity index (χ1) is 8.54. The van der Waals surface area contributed by atoms with E-state index >= 15 is 0 Å². The van der Waals surface area contributed by atoms with E-state index in [1.807, 2.05) is 38.1 Å². The van der Waals surface area contributed by atoms with Crippen LogP contribution in [-0.2, 0) is 11.2 Å². The molecule has 4 N–H and O–H groups in total. The molecule has 0 heterocycles. The fraction of sp³-hybridized carbons (Fsp3) is 0.500. The van der Waals surface area contributed by atoms with Gasteiger partial charge in [0.2, 0.25) is 5.91 Å². The largest absolute Gasteiger partial charge is 0.396 e. The van der Waals surface area contributed by atoms with Gasteiger partial charge < -0.3 is 16.2 Å². The van der Waals surface area contributed by atoms with E-state index in [1.54, 1.807) is 0 Å². The third kappa shape index (κ3) is 4.47. The molecule has 0 aromatic heterocycles. The number of aryl methyl sites for hydroxylation is 1. The average molecular weight is 250 g/mol. The minimum atomic E-state index is -0.494. The average Bonchev–Trinajstić information content (AvgIpc) is 2.35. The molecule has 0 aliphatic carbocycles. The lowest BCUT2D eigenvalue weighted by atomic mass is 10.0. The predicted molar refractivity (Wildman–Crippen MR) is 73.3 cm³/mol. The van der Waals surface area contributed by atoms with E-state index in [-0.39, 0.29) is 18.4 Å². The lowest BCUT2D eigenvalue weighted by Gasteiger charge is -2.15. The molecule has 1 aromatic carbocycles. The van der Waals surface area contributed by atoms with Crippen LogP contribution in [0.5, 0.6) is 0 Å². The number of aliphatic hydroxyl groups excluding tert-OH is 1. The van der Waals surface area contributed by atoms with Crippen LogP contribution in [0, 0.1) is 5.92 Å². The molecule has 18 heavy (non-hydrogen) atoms. The van der Waals surface area contributed by atoms with E-state index in [0.29, 0.717) is 0 Å². The number of carbonyl (C=O) groups is 1. The van der Waals surface area contributed by atoms with Crippen molar-refractivity contribution >= 4 is 11.6 Å². The summed E-state index contributed by atoms with van der Waals surface area (Å²) >= 11 is 0. The molecule has 100 valence electrons. The molecule has 0 radical (unpaired) electrons. The van der Waals surface area contributed by atoms with Gasteiger partial charge in [0.25, 0.3) is 0 Å². The van der Waals surface area contributed by atoms with Crippen LogP contribution in [0.3, 0.4) is 0 Å². The van der Waals surface area contributed by atoms with Crippen LogP contribution < -0.4 is 11.1 Å². The molecule has 0 fully saturated rings. The summed E-state index contributed by atoms with van der Waals surface area (Å²) in [6.07, 6.45) is 1.53. The van der Waals surface area contributed by atoms with E-state index in [1.165, 1.54) is 0 Å². The van der Waals surface area contributed by atoms with E-state index in [2.05, 4.69) is 5.32 Å². The molecule has 1 unspecified atom stereocenters. The smallest absolute Gasteiger partial charge is 0.241 e. The van der Waals surface area contributed by atoms with Gasteiger partial charge in [0.1, 0.15) is 0 Å². The zero-order chi connectivity index (χ0) is 13.5. The van der Waals surface area contributed by atoms with Crippen LogP contribution in [0.25, 0.3) is 0 Å². The Morgan fingerprint density at radius 1 is 1.44 bits per heavy atom. The van der Waals surface area contributed by atoms with E-state index < -0.39 is 6.04 Å². The second-order valence-corrected chi connectivity index (χ2v) is 4.79. The molecule has 0 saturated heterocycles. The van der Waals surface area contributed by atoms with Crippen molar-refractivity contribution in [2.24, 2.45) is 11.7 Å². The highest BCUT2D eigenvalue weighted by atomic mass is 16.2. The molecule has 1 rings (SSSR count). The normalized spacial score (nSPS) is 12.5. The second kappa shape index (κ2) is 7.13. The van der Waals surface area contributed by atoms with Crippen molar-refractivity contribution in [3.63, 3.8) is 0 Å². The van der Waals surface area contributed by atoms with Gasteiger partial charge in [-0.1, -0.05) is 26.0 Å². The lowest BCUT2D eigenvalue weighted by Crippen LogP contribution is -2.39. The molecular weight excluding hydrogens is 228 g/mol. The highest BCUT2D eigenvalue weighted by Crippen LogP contribution is 2.13. The number of anilines is 1. The molecular formula is C14H22N2O2. The van der Waals surface area contributed by atoms with Crippen molar-refractivity contribution in [3.8, 4) is 0 Å². The molecule has 0 aliphatic rings. The summed E-state index contributed by atoms with van der Waals surface area (Å²) in [6.45, 7) is 4.01. The first-order valence-corrected chi connectivity index (χ1v) is 6.31. The zero-order valence-electron chi connectivity index (χ0n) is 11.0. The molecule has 4 nitrogen and oxygen atoms in total. The minimum Gasteiger partial charge on any atom is -0.396 e. The van der Waals surface area contributed by atoms with Crippen LogP contribution >= 0.6 is 0 Å². The van der Waals surface area contributed by atoms with Crippen LogP contribution in [0.1, 0.15) is 25.8 Å². The van der Waals surface area contributed by atoms with Gasteiger partial charge in [-0.25, -0.2) is 0 Å². The molecule has 1 amide bonds. The van der Waals surface area contributed by atoms with Crippen LogP contribution in [0.15, 0.2) is 24.3 Å². The van der Waals surface area contributed by atoms with Crippen molar-refractivity contribution < 1.29 is 9.90 Å².